The highest BCUT2D eigenvalue weighted by atomic mass is 35.5. The van der Waals surface area contributed by atoms with E-state index in [0.717, 1.165) is 5.75 Å². The van der Waals surface area contributed by atoms with Crippen molar-refractivity contribution in [3.8, 4) is 0 Å². The lowest BCUT2D eigenvalue weighted by atomic mass is 10.3. The maximum absolute atomic E-state index is 12.2. The summed E-state index contributed by atoms with van der Waals surface area (Å²) in [4.78, 5) is 1.81. The Labute approximate surface area is 124 Å². The van der Waals surface area contributed by atoms with E-state index in [0.29, 0.717) is 21.4 Å². The van der Waals surface area contributed by atoms with Gasteiger partial charge in [-0.1, -0.05) is 29.8 Å². The van der Waals surface area contributed by atoms with Gasteiger partial charge in [0.25, 0.3) is 0 Å². The van der Waals surface area contributed by atoms with Crippen molar-refractivity contribution in [3.63, 3.8) is 0 Å². The van der Waals surface area contributed by atoms with Crippen molar-refractivity contribution in [3.05, 3.63) is 53.6 Å². The standard InChI is InChI=1S/C14H14ClNOS2/c15-11-6-7-13(16)14(10-11)19(17)9-8-18-12-4-2-1-3-5-12/h1-7,10H,8-9,16H2. The number of rotatable bonds is 5. The van der Waals surface area contributed by atoms with E-state index in [4.69, 9.17) is 17.3 Å². The van der Waals surface area contributed by atoms with Crippen LogP contribution in [-0.4, -0.2) is 15.7 Å². The summed E-state index contributed by atoms with van der Waals surface area (Å²) in [6.45, 7) is 0. The van der Waals surface area contributed by atoms with Crippen LogP contribution in [0, 0.1) is 0 Å². The number of halogens is 1. The topological polar surface area (TPSA) is 43.1 Å². The number of nitrogens with two attached hydrogens (primary N) is 1. The molecule has 19 heavy (non-hydrogen) atoms. The fourth-order valence-electron chi connectivity index (χ4n) is 1.57. The predicted octanol–water partition coefficient (Wildman–Crippen LogP) is 3.82. The van der Waals surface area contributed by atoms with Gasteiger partial charge < -0.3 is 5.73 Å². The van der Waals surface area contributed by atoms with Crippen molar-refractivity contribution < 1.29 is 4.21 Å². The minimum atomic E-state index is -1.11. The van der Waals surface area contributed by atoms with Gasteiger partial charge in [0, 0.05) is 27.1 Å². The van der Waals surface area contributed by atoms with Crippen LogP contribution in [0.1, 0.15) is 0 Å². The van der Waals surface area contributed by atoms with Gasteiger partial charge in [-0.25, -0.2) is 0 Å². The Bertz CT molecular complexity index is 575. The molecule has 1 atom stereocenters. The smallest absolute Gasteiger partial charge is 0.0632 e. The molecule has 1 unspecified atom stereocenters. The Balaban J connectivity index is 1.93. The summed E-state index contributed by atoms with van der Waals surface area (Å²) in [5.74, 6) is 1.34. The van der Waals surface area contributed by atoms with E-state index < -0.39 is 10.8 Å². The fraction of sp³-hybridized carbons (Fsp3) is 0.143. The molecule has 0 amide bonds. The fourth-order valence-corrected chi connectivity index (χ4v) is 4.14. The summed E-state index contributed by atoms with van der Waals surface area (Å²) >= 11 is 7.58. The number of anilines is 1. The molecule has 0 aliphatic carbocycles. The normalized spacial score (nSPS) is 12.3. The molecule has 0 aromatic heterocycles. The van der Waals surface area contributed by atoms with Crippen molar-refractivity contribution in [2.24, 2.45) is 0 Å². The van der Waals surface area contributed by atoms with Crippen LogP contribution < -0.4 is 5.73 Å². The van der Waals surface area contributed by atoms with Gasteiger partial charge in [0.05, 0.1) is 15.7 Å². The number of hydrogen-bond donors (Lipinski definition) is 1. The highest BCUT2D eigenvalue weighted by Crippen LogP contribution is 2.23. The quantitative estimate of drug-likeness (QED) is 0.674. The number of hydrogen-bond acceptors (Lipinski definition) is 3. The molecule has 2 rings (SSSR count). The van der Waals surface area contributed by atoms with Crippen LogP contribution in [0.5, 0.6) is 0 Å². The largest absolute Gasteiger partial charge is 0.398 e. The van der Waals surface area contributed by atoms with E-state index in [1.54, 1.807) is 30.0 Å². The van der Waals surface area contributed by atoms with Gasteiger partial charge in [-0.15, -0.1) is 11.8 Å². The molecule has 0 aliphatic rings. The molecule has 100 valence electrons. The lowest BCUT2D eigenvalue weighted by molar-refractivity contribution is 0.684. The van der Waals surface area contributed by atoms with Gasteiger partial charge in [0.15, 0.2) is 0 Å². The van der Waals surface area contributed by atoms with Gasteiger partial charge in [0.2, 0.25) is 0 Å². The van der Waals surface area contributed by atoms with Crippen LogP contribution in [0.15, 0.2) is 58.3 Å². The molecule has 5 heteroatoms. The number of nitrogen functional groups attached to an aromatic ring is 1. The summed E-state index contributed by atoms with van der Waals surface area (Å²) < 4.78 is 12.2. The molecule has 0 heterocycles. The minimum absolute atomic E-state index is 0.535. The van der Waals surface area contributed by atoms with Crippen LogP contribution in [0.4, 0.5) is 5.69 Å². The van der Waals surface area contributed by atoms with E-state index >= 15 is 0 Å². The summed E-state index contributed by atoms with van der Waals surface area (Å²) in [5.41, 5.74) is 6.35. The molecule has 2 N–H and O–H groups in total. The maximum Gasteiger partial charge on any atom is 0.0632 e. The first-order valence-corrected chi connectivity index (χ1v) is 8.46. The predicted molar refractivity (Wildman–Crippen MR) is 84.3 cm³/mol. The zero-order valence-electron chi connectivity index (χ0n) is 10.2. The van der Waals surface area contributed by atoms with Gasteiger partial charge in [-0.05, 0) is 30.3 Å². The van der Waals surface area contributed by atoms with E-state index in [2.05, 4.69) is 0 Å². The van der Waals surface area contributed by atoms with Gasteiger partial charge >= 0.3 is 0 Å². The van der Waals surface area contributed by atoms with E-state index in [-0.39, 0.29) is 0 Å². The second-order valence-electron chi connectivity index (χ2n) is 3.89. The molecule has 0 saturated heterocycles. The summed E-state index contributed by atoms with van der Waals surface area (Å²) in [6.07, 6.45) is 0. The van der Waals surface area contributed by atoms with Crippen LogP contribution in [0.25, 0.3) is 0 Å². The van der Waals surface area contributed by atoms with Crippen molar-refractivity contribution in [2.75, 3.05) is 17.2 Å². The van der Waals surface area contributed by atoms with E-state index in [9.17, 15) is 4.21 Å². The molecular weight excluding hydrogens is 298 g/mol. The Morgan fingerprint density at radius 3 is 2.63 bits per heavy atom. The molecule has 0 fully saturated rings. The zero-order valence-corrected chi connectivity index (χ0v) is 12.6. The van der Waals surface area contributed by atoms with Crippen LogP contribution in [0.2, 0.25) is 5.02 Å². The third-order valence-corrected chi connectivity index (χ3v) is 5.43. The SMILES string of the molecule is Nc1ccc(Cl)cc1S(=O)CCSc1ccccc1. The summed E-state index contributed by atoms with van der Waals surface area (Å²) in [6, 6.07) is 15.1. The second kappa shape index (κ2) is 6.98. The first-order valence-electron chi connectivity index (χ1n) is 5.78. The Morgan fingerprint density at radius 1 is 1.16 bits per heavy atom. The molecule has 0 bridgehead atoms. The number of thioether (sulfide) groups is 1. The van der Waals surface area contributed by atoms with Crippen LogP contribution >= 0.6 is 23.4 Å². The van der Waals surface area contributed by atoms with Gasteiger partial charge in [-0.3, -0.25) is 4.21 Å². The molecule has 2 aromatic rings. The van der Waals surface area contributed by atoms with E-state index in [1.807, 2.05) is 30.3 Å². The molecule has 2 nitrogen and oxygen atoms in total. The molecule has 2 aromatic carbocycles. The minimum Gasteiger partial charge on any atom is -0.398 e. The highest BCUT2D eigenvalue weighted by Gasteiger charge is 2.08. The first kappa shape index (κ1) is 14.4. The molecule has 0 aliphatic heterocycles. The van der Waals surface area contributed by atoms with Crippen molar-refractivity contribution in [1.82, 2.24) is 0 Å². The molecule has 0 spiro atoms. The first-order chi connectivity index (χ1) is 9.16. The van der Waals surface area contributed by atoms with Crippen LogP contribution in [0.3, 0.4) is 0 Å². The van der Waals surface area contributed by atoms with Gasteiger partial charge in [0.1, 0.15) is 0 Å². The van der Waals surface area contributed by atoms with Crippen molar-refractivity contribution in [1.29, 1.82) is 0 Å². The van der Waals surface area contributed by atoms with Gasteiger partial charge in [-0.2, -0.15) is 0 Å². The highest BCUT2D eigenvalue weighted by molar-refractivity contribution is 8.00. The molecule has 0 saturated carbocycles. The van der Waals surface area contributed by atoms with Crippen molar-refractivity contribution >= 4 is 39.8 Å². The third-order valence-electron chi connectivity index (χ3n) is 2.50. The Hall–Kier alpha value is -0.970. The average molecular weight is 312 g/mol. The van der Waals surface area contributed by atoms with E-state index in [1.165, 1.54) is 4.90 Å². The second-order valence-corrected chi connectivity index (χ2v) is 7.04. The Kier molecular flexibility index (Phi) is 5.31. The monoisotopic (exact) mass is 311 g/mol. The van der Waals surface area contributed by atoms with Crippen LogP contribution in [-0.2, 0) is 10.8 Å². The Morgan fingerprint density at radius 2 is 1.89 bits per heavy atom. The number of benzene rings is 2. The third kappa shape index (κ3) is 4.27. The molecule has 0 radical (unpaired) electrons. The molecular formula is C14H14ClNOS2. The summed E-state index contributed by atoms with van der Waals surface area (Å²) in [7, 11) is -1.11. The maximum atomic E-state index is 12.2. The lowest BCUT2D eigenvalue weighted by Gasteiger charge is -2.06. The average Bonchev–Trinajstić information content (AvgIpc) is 2.42. The zero-order chi connectivity index (χ0) is 13.7. The summed E-state index contributed by atoms with van der Waals surface area (Å²) in [5, 5.41) is 0.563. The van der Waals surface area contributed by atoms with Crippen molar-refractivity contribution in [2.45, 2.75) is 9.79 Å². The lowest BCUT2D eigenvalue weighted by Crippen LogP contribution is -2.04.